The zero-order valence-electron chi connectivity index (χ0n) is 14.7. The van der Waals surface area contributed by atoms with Crippen molar-refractivity contribution in [1.82, 2.24) is 4.90 Å². The molecule has 0 spiro atoms. The highest BCUT2D eigenvalue weighted by Gasteiger charge is 2.43. The zero-order valence-corrected chi connectivity index (χ0v) is 14.7. The summed E-state index contributed by atoms with van der Waals surface area (Å²) >= 11 is 0. The molecule has 0 radical (unpaired) electrons. The molecule has 0 aliphatic carbocycles. The average molecular weight is 284 g/mol. The van der Waals surface area contributed by atoms with E-state index in [4.69, 9.17) is 5.73 Å². The van der Waals surface area contributed by atoms with E-state index in [1.165, 1.54) is 0 Å². The van der Waals surface area contributed by atoms with E-state index in [-0.39, 0.29) is 11.9 Å². The Balaban J connectivity index is 5.45. The molecule has 0 fully saturated rings. The fraction of sp³-hybridized carbons (Fsp3) is 0.941. The molecule has 1 atom stereocenters. The fourth-order valence-electron chi connectivity index (χ4n) is 3.50. The number of carbonyl (C=O) groups is 1. The van der Waals surface area contributed by atoms with Gasteiger partial charge in [-0.05, 0) is 31.1 Å². The number of rotatable bonds is 10. The lowest BCUT2D eigenvalue weighted by Gasteiger charge is -2.44. The first-order valence-corrected chi connectivity index (χ1v) is 8.28. The van der Waals surface area contributed by atoms with Crippen LogP contribution in [0.25, 0.3) is 0 Å². The Kier molecular flexibility index (Phi) is 8.41. The topological polar surface area (TPSA) is 46.3 Å². The summed E-state index contributed by atoms with van der Waals surface area (Å²) in [5.74, 6) is 1.07. The predicted molar refractivity (Wildman–Crippen MR) is 87.5 cm³/mol. The Labute approximate surface area is 126 Å². The molecule has 2 N–H and O–H groups in total. The molecule has 0 heterocycles. The summed E-state index contributed by atoms with van der Waals surface area (Å²) in [6.45, 7) is 17.4. The quantitative estimate of drug-likeness (QED) is 0.665. The second-order valence-corrected chi connectivity index (χ2v) is 6.89. The minimum absolute atomic E-state index is 0.133. The van der Waals surface area contributed by atoms with Gasteiger partial charge in [0.1, 0.15) is 0 Å². The Bertz CT molecular complexity index is 273. The molecule has 0 aromatic carbocycles. The van der Waals surface area contributed by atoms with Crippen LogP contribution in [0.3, 0.4) is 0 Å². The lowest BCUT2D eigenvalue weighted by Crippen LogP contribution is -2.55. The molecule has 1 unspecified atom stereocenters. The van der Waals surface area contributed by atoms with E-state index in [2.05, 4.69) is 53.4 Å². The Morgan fingerprint density at radius 3 is 1.60 bits per heavy atom. The molecular weight excluding hydrogens is 248 g/mol. The number of amides is 1. The molecule has 0 rings (SSSR count). The van der Waals surface area contributed by atoms with Gasteiger partial charge in [0.05, 0.1) is 5.41 Å². The van der Waals surface area contributed by atoms with Crippen LogP contribution in [0.15, 0.2) is 0 Å². The third kappa shape index (κ3) is 4.76. The summed E-state index contributed by atoms with van der Waals surface area (Å²) in [6.07, 6.45) is 2.62. The molecule has 0 saturated carbocycles. The second-order valence-electron chi connectivity index (χ2n) is 6.89. The maximum Gasteiger partial charge on any atom is 0.225 e. The van der Waals surface area contributed by atoms with Gasteiger partial charge in [0.25, 0.3) is 0 Å². The Hall–Kier alpha value is -0.570. The summed E-state index contributed by atoms with van der Waals surface area (Å²) in [5, 5.41) is 0. The van der Waals surface area contributed by atoms with Gasteiger partial charge in [-0.15, -0.1) is 0 Å². The van der Waals surface area contributed by atoms with E-state index in [9.17, 15) is 4.79 Å². The lowest BCUT2D eigenvalue weighted by atomic mass is 9.72. The van der Waals surface area contributed by atoms with Crippen LogP contribution < -0.4 is 5.73 Å². The minimum Gasteiger partial charge on any atom is -0.369 e. The first kappa shape index (κ1) is 19.4. The van der Waals surface area contributed by atoms with Crippen LogP contribution in [0, 0.1) is 17.3 Å². The highest BCUT2D eigenvalue weighted by molar-refractivity contribution is 5.81. The highest BCUT2D eigenvalue weighted by Crippen LogP contribution is 2.36. The maximum atomic E-state index is 12.2. The second kappa shape index (κ2) is 8.66. The van der Waals surface area contributed by atoms with Gasteiger partial charge in [-0.25, -0.2) is 0 Å². The molecule has 0 aromatic rings. The third-order valence-electron chi connectivity index (χ3n) is 4.42. The first-order valence-electron chi connectivity index (χ1n) is 8.28. The summed E-state index contributed by atoms with van der Waals surface area (Å²) in [5.41, 5.74) is 5.41. The number of nitrogens with zero attached hydrogens (tertiary/aromatic N) is 1. The van der Waals surface area contributed by atoms with Crippen molar-refractivity contribution in [3.8, 4) is 0 Å². The number of primary amides is 1. The van der Waals surface area contributed by atoms with Crippen molar-refractivity contribution in [2.24, 2.45) is 23.0 Å². The third-order valence-corrected chi connectivity index (χ3v) is 4.42. The zero-order chi connectivity index (χ0) is 15.9. The van der Waals surface area contributed by atoms with E-state index >= 15 is 0 Å². The average Bonchev–Trinajstić information content (AvgIpc) is 2.33. The molecule has 3 heteroatoms. The van der Waals surface area contributed by atoms with E-state index in [1.54, 1.807) is 0 Å². The van der Waals surface area contributed by atoms with Crippen molar-refractivity contribution in [3.63, 3.8) is 0 Å². The van der Waals surface area contributed by atoms with Crippen LogP contribution in [0.4, 0.5) is 0 Å². The van der Waals surface area contributed by atoms with Gasteiger partial charge < -0.3 is 5.73 Å². The summed E-state index contributed by atoms with van der Waals surface area (Å²) in [4.78, 5) is 14.7. The summed E-state index contributed by atoms with van der Waals surface area (Å²) in [6, 6.07) is 0.250. The molecular formula is C17H36N2O. The molecule has 0 aromatic heterocycles. The van der Waals surface area contributed by atoms with Crippen molar-refractivity contribution < 1.29 is 4.79 Å². The lowest BCUT2D eigenvalue weighted by molar-refractivity contribution is -0.133. The number of hydrogen-bond acceptors (Lipinski definition) is 2. The number of carbonyl (C=O) groups excluding carboxylic acids is 1. The van der Waals surface area contributed by atoms with E-state index in [0.717, 1.165) is 32.4 Å². The Morgan fingerprint density at radius 1 is 1.00 bits per heavy atom. The van der Waals surface area contributed by atoms with Crippen molar-refractivity contribution in [3.05, 3.63) is 0 Å². The summed E-state index contributed by atoms with van der Waals surface area (Å²) < 4.78 is 0. The van der Waals surface area contributed by atoms with Crippen molar-refractivity contribution >= 4 is 5.91 Å². The van der Waals surface area contributed by atoms with E-state index in [1.807, 2.05) is 0 Å². The molecule has 0 aliphatic rings. The molecule has 3 nitrogen and oxygen atoms in total. The van der Waals surface area contributed by atoms with Gasteiger partial charge in [-0.2, -0.15) is 0 Å². The summed E-state index contributed by atoms with van der Waals surface area (Å²) in [7, 11) is 0. The van der Waals surface area contributed by atoms with Gasteiger partial charge in [-0.3, -0.25) is 9.69 Å². The SMILES string of the molecule is CCC(N(CC(C)C)CC(C)C)C(CC)(CC)C(N)=O. The number of hydrogen-bond donors (Lipinski definition) is 1. The maximum absolute atomic E-state index is 12.2. The van der Waals surface area contributed by atoms with Crippen LogP contribution in [-0.2, 0) is 4.79 Å². The standard InChI is InChI=1S/C17H36N2O/c1-8-15(17(9-2,10-3)16(18)20)19(11-13(4)5)12-14(6)7/h13-15H,8-12H2,1-7H3,(H2,18,20). The van der Waals surface area contributed by atoms with E-state index in [0.29, 0.717) is 11.8 Å². The van der Waals surface area contributed by atoms with Crippen LogP contribution in [0.1, 0.15) is 67.7 Å². The van der Waals surface area contributed by atoms with Gasteiger partial charge >= 0.3 is 0 Å². The highest BCUT2D eigenvalue weighted by atomic mass is 16.1. The monoisotopic (exact) mass is 284 g/mol. The Morgan fingerprint density at radius 2 is 1.40 bits per heavy atom. The van der Waals surface area contributed by atoms with Crippen molar-refractivity contribution in [2.75, 3.05) is 13.1 Å². The number of nitrogens with two attached hydrogens (primary N) is 1. The van der Waals surface area contributed by atoms with Crippen LogP contribution in [0.5, 0.6) is 0 Å². The van der Waals surface area contributed by atoms with Crippen LogP contribution in [-0.4, -0.2) is 29.9 Å². The molecule has 0 saturated heterocycles. The first-order chi connectivity index (χ1) is 9.24. The van der Waals surface area contributed by atoms with Gasteiger partial charge in [0.15, 0.2) is 0 Å². The van der Waals surface area contributed by atoms with Crippen molar-refractivity contribution in [2.45, 2.75) is 73.8 Å². The van der Waals surface area contributed by atoms with Crippen LogP contribution in [0.2, 0.25) is 0 Å². The minimum atomic E-state index is -0.390. The van der Waals surface area contributed by atoms with E-state index < -0.39 is 5.41 Å². The molecule has 0 aliphatic heterocycles. The molecule has 20 heavy (non-hydrogen) atoms. The smallest absolute Gasteiger partial charge is 0.225 e. The van der Waals surface area contributed by atoms with Crippen molar-refractivity contribution in [1.29, 1.82) is 0 Å². The molecule has 0 bridgehead atoms. The van der Waals surface area contributed by atoms with Gasteiger partial charge in [0, 0.05) is 19.1 Å². The van der Waals surface area contributed by atoms with Gasteiger partial charge in [-0.1, -0.05) is 48.5 Å². The van der Waals surface area contributed by atoms with Gasteiger partial charge in [0.2, 0.25) is 5.91 Å². The normalized spacial score (nSPS) is 14.3. The fourth-order valence-corrected chi connectivity index (χ4v) is 3.50. The predicted octanol–water partition coefficient (Wildman–Crippen LogP) is 3.67. The van der Waals surface area contributed by atoms with Crippen LogP contribution >= 0.6 is 0 Å². The largest absolute Gasteiger partial charge is 0.369 e. The molecule has 1 amide bonds. The molecule has 120 valence electrons.